The molecule has 0 spiro atoms. The molecule has 2 aromatic rings. The minimum Gasteiger partial charge on any atom is -0.269 e. The highest BCUT2D eigenvalue weighted by Gasteiger charge is 2.31. The van der Waals surface area contributed by atoms with Crippen LogP contribution in [0.15, 0.2) is 35.4 Å². The molecule has 0 saturated heterocycles. The number of benzene rings is 1. The molecule has 0 saturated carbocycles. The Hall–Kier alpha value is -1.66. The van der Waals surface area contributed by atoms with Crippen molar-refractivity contribution in [2.45, 2.75) is 44.7 Å². The number of nitrogens with zero attached hydrogens (tertiary/aromatic N) is 3. The van der Waals surface area contributed by atoms with Crippen LogP contribution in [0.25, 0.3) is 0 Å². The lowest BCUT2D eigenvalue weighted by molar-refractivity contribution is 0.391. The van der Waals surface area contributed by atoms with Crippen LogP contribution in [-0.2, 0) is 23.0 Å². The normalized spacial score (nSPS) is 16.0. The summed E-state index contributed by atoms with van der Waals surface area (Å²) in [6, 6.07) is 8.17. The summed E-state index contributed by atoms with van der Waals surface area (Å²) in [5.41, 5.74) is 2.89. The van der Waals surface area contributed by atoms with Crippen LogP contribution >= 0.6 is 0 Å². The van der Waals surface area contributed by atoms with Crippen molar-refractivity contribution in [2.75, 3.05) is 6.54 Å². The molecular formula is C16H21N3O2S. The molecule has 1 aromatic heterocycles. The largest absolute Gasteiger partial charge is 0.269 e. The molecule has 0 N–H and O–H groups in total. The summed E-state index contributed by atoms with van der Waals surface area (Å²) in [7, 11) is -3.50. The van der Waals surface area contributed by atoms with E-state index in [-0.39, 0.29) is 6.04 Å². The van der Waals surface area contributed by atoms with Gasteiger partial charge < -0.3 is 0 Å². The highest BCUT2D eigenvalue weighted by molar-refractivity contribution is 7.89. The molecule has 0 aliphatic carbocycles. The number of fused-ring (bicyclic) bond motifs is 1. The first-order valence-corrected chi connectivity index (χ1v) is 8.96. The van der Waals surface area contributed by atoms with Gasteiger partial charge in [0.2, 0.25) is 10.0 Å². The molecular weight excluding hydrogens is 298 g/mol. The van der Waals surface area contributed by atoms with Crippen molar-refractivity contribution in [1.82, 2.24) is 14.1 Å². The lowest BCUT2D eigenvalue weighted by atomic mass is 10.0. The Kier molecular flexibility index (Phi) is 3.82. The number of sulfonamides is 1. The minimum absolute atomic E-state index is 0.143. The first-order chi connectivity index (χ1) is 10.4. The zero-order valence-corrected chi connectivity index (χ0v) is 14.0. The lowest BCUT2D eigenvalue weighted by Gasteiger charge is -2.27. The molecule has 1 aliphatic heterocycles. The van der Waals surface area contributed by atoms with Gasteiger partial charge in [0, 0.05) is 25.3 Å². The van der Waals surface area contributed by atoms with Gasteiger partial charge in [0.15, 0.2) is 0 Å². The fourth-order valence-electron chi connectivity index (χ4n) is 2.80. The van der Waals surface area contributed by atoms with Gasteiger partial charge in [-0.25, -0.2) is 8.42 Å². The summed E-state index contributed by atoms with van der Waals surface area (Å²) in [4.78, 5) is 0.320. The Bertz CT molecular complexity index is 793. The first-order valence-electron chi connectivity index (χ1n) is 7.52. The summed E-state index contributed by atoms with van der Waals surface area (Å²) < 4.78 is 29.1. The summed E-state index contributed by atoms with van der Waals surface area (Å²) in [5, 5.41) is 4.33. The standard InChI is InChI=1S/C16H21N3O2S/c1-12(2)19-11-16(13(3)17-19)22(20,21)18-9-8-14-6-4-5-7-15(14)10-18/h4-7,11-12H,8-10H2,1-3H3. The van der Waals surface area contributed by atoms with Crippen LogP contribution in [0.3, 0.4) is 0 Å². The van der Waals surface area contributed by atoms with E-state index in [2.05, 4.69) is 11.2 Å². The maximum atomic E-state index is 12.9. The minimum atomic E-state index is -3.50. The maximum absolute atomic E-state index is 12.9. The third-order valence-electron chi connectivity index (χ3n) is 4.11. The monoisotopic (exact) mass is 319 g/mol. The summed E-state index contributed by atoms with van der Waals surface area (Å²) >= 11 is 0. The van der Waals surface area contributed by atoms with Gasteiger partial charge in [-0.2, -0.15) is 9.40 Å². The van der Waals surface area contributed by atoms with Crippen LogP contribution in [0.5, 0.6) is 0 Å². The van der Waals surface area contributed by atoms with Crippen LogP contribution in [0.4, 0.5) is 0 Å². The van der Waals surface area contributed by atoms with Crippen molar-refractivity contribution < 1.29 is 8.42 Å². The second-order valence-corrected chi connectivity index (χ2v) is 7.92. The molecule has 22 heavy (non-hydrogen) atoms. The Labute approximate surface area is 131 Å². The Morgan fingerprint density at radius 2 is 1.86 bits per heavy atom. The van der Waals surface area contributed by atoms with Crippen LogP contribution in [0.2, 0.25) is 0 Å². The van der Waals surface area contributed by atoms with Gasteiger partial charge in [0.1, 0.15) is 4.90 Å². The van der Waals surface area contributed by atoms with Crippen LogP contribution in [0, 0.1) is 6.92 Å². The topological polar surface area (TPSA) is 55.2 Å². The van der Waals surface area contributed by atoms with Crippen LogP contribution in [0.1, 0.15) is 36.7 Å². The third-order valence-corrected chi connectivity index (χ3v) is 6.06. The molecule has 0 radical (unpaired) electrons. The van der Waals surface area contributed by atoms with E-state index in [1.165, 1.54) is 5.56 Å². The van der Waals surface area contributed by atoms with E-state index in [4.69, 9.17) is 0 Å². The lowest BCUT2D eigenvalue weighted by Crippen LogP contribution is -2.36. The molecule has 0 bridgehead atoms. The first kappa shape index (κ1) is 15.2. The highest BCUT2D eigenvalue weighted by Crippen LogP contribution is 2.26. The smallest absolute Gasteiger partial charge is 0.246 e. The summed E-state index contributed by atoms with van der Waals surface area (Å²) in [6.45, 7) is 6.68. The van der Waals surface area contributed by atoms with Gasteiger partial charge in [-0.3, -0.25) is 4.68 Å². The average molecular weight is 319 g/mol. The number of hydrogen-bond donors (Lipinski definition) is 0. The number of hydrogen-bond acceptors (Lipinski definition) is 3. The third kappa shape index (κ3) is 2.57. The fourth-order valence-corrected chi connectivity index (χ4v) is 4.37. The molecule has 3 rings (SSSR count). The number of aryl methyl sites for hydroxylation is 1. The molecule has 118 valence electrons. The van der Waals surface area contributed by atoms with Gasteiger partial charge >= 0.3 is 0 Å². The van der Waals surface area contributed by atoms with Crippen molar-refractivity contribution in [3.63, 3.8) is 0 Å². The second-order valence-electron chi connectivity index (χ2n) is 6.01. The summed E-state index contributed by atoms with van der Waals surface area (Å²) in [6.07, 6.45) is 2.41. The Morgan fingerprint density at radius 3 is 2.50 bits per heavy atom. The average Bonchev–Trinajstić information content (AvgIpc) is 2.90. The molecule has 6 heteroatoms. The molecule has 2 heterocycles. The van der Waals surface area contributed by atoms with E-state index >= 15 is 0 Å². The summed E-state index contributed by atoms with van der Waals surface area (Å²) in [5.74, 6) is 0. The highest BCUT2D eigenvalue weighted by atomic mass is 32.2. The van der Waals surface area contributed by atoms with Crippen LogP contribution < -0.4 is 0 Å². The van der Waals surface area contributed by atoms with Crippen molar-refractivity contribution in [3.05, 3.63) is 47.3 Å². The van der Waals surface area contributed by atoms with E-state index in [1.807, 2.05) is 32.0 Å². The van der Waals surface area contributed by atoms with Crippen LogP contribution in [-0.4, -0.2) is 29.0 Å². The predicted molar refractivity (Wildman–Crippen MR) is 85.1 cm³/mol. The van der Waals surface area contributed by atoms with Crippen molar-refractivity contribution in [3.8, 4) is 0 Å². The molecule has 0 unspecified atom stereocenters. The molecule has 5 nitrogen and oxygen atoms in total. The molecule has 1 aromatic carbocycles. The second kappa shape index (κ2) is 5.52. The quantitative estimate of drug-likeness (QED) is 0.873. The fraction of sp³-hybridized carbons (Fsp3) is 0.438. The van der Waals surface area contributed by atoms with E-state index in [0.29, 0.717) is 23.7 Å². The van der Waals surface area contributed by atoms with E-state index < -0.39 is 10.0 Å². The molecule has 0 amide bonds. The van der Waals surface area contributed by atoms with E-state index in [9.17, 15) is 8.42 Å². The SMILES string of the molecule is Cc1nn(C(C)C)cc1S(=O)(=O)N1CCc2ccccc2C1. The van der Waals surface area contributed by atoms with Gasteiger partial charge in [-0.1, -0.05) is 24.3 Å². The van der Waals surface area contributed by atoms with E-state index in [1.54, 1.807) is 22.1 Å². The van der Waals surface area contributed by atoms with Gasteiger partial charge in [0.25, 0.3) is 0 Å². The van der Waals surface area contributed by atoms with Crippen molar-refractivity contribution in [2.24, 2.45) is 0 Å². The molecule has 0 fully saturated rings. The van der Waals surface area contributed by atoms with Gasteiger partial charge in [0.05, 0.1) is 5.69 Å². The van der Waals surface area contributed by atoms with Crippen molar-refractivity contribution >= 4 is 10.0 Å². The Morgan fingerprint density at radius 1 is 1.18 bits per heavy atom. The Balaban J connectivity index is 1.95. The van der Waals surface area contributed by atoms with Crippen molar-refractivity contribution in [1.29, 1.82) is 0 Å². The zero-order chi connectivity index (χ0) is 15.9. The zero-order valence-electron chi connectivity index (χ0n) is 13.2. The molecule has 1 aliphatic rings. The predicted octanol–water partition coefficient (Wildman–Crippen LogP) is 2.52. The number of aromatic nitrogens is 2. The maximum Gasteiger partial charge on any atom is 0.246 e. The number of rotatable bonds is 3. The van der Waals surface area contributed by atoms with Gasteiger partial charge in [-0.05, 0) is 38.3 Å². The van der Waals surface area contributed by atoms with E-state index in [0.717, 1.165) is 12.0 Å². The van der Waals surface area contributed by atoms with Gasteiger partial charge in [-0.15, -0.1) is 0 Å². The molecule has 0 atom stereocenters.